The van der Waals surface area contributed by atoms with Gasteiger partial charge in [0, 0.05) is 5.39 Å². The summed E-state index contributed by atoms with van der Waals surface area (Å²) in [7, 11) is 0. The molecule has 0 amide bonds. The van der Waals surface area contributed by atoms with Crippen molar-refractivity contribution < 1.29 is 4.42 Å². The van der Waals surface area contributed by atoms with Gasteiger partial charge in [-0.05, 0) is 25.1 Å². The molecular weight excluding hydrogens is 221 g/mol. The Morgan fingerprint density at radius 2 is 1.93 bits per heavy atom. The minimum Gasteiger partial charge on any atom is -0.458 e. The van der Waals surface area contributed by atoms with Crippen LogP contribution in [0.25, 0.3) is 11.0 Å². The van der Waals surface area contributed by atoms with Crippen LogP contribution in [0.15, 0.2) is 22.6 Å². The lowest BCUT2D eigenvalue weighted by Crippen LogP contribution is -2.02. The van der Waals surface area contributed by atoms with Crippen molar-refractivity contribution in [2.45, 2.75) is 13.0 Å². The zero-order valence-corrected chi connectivity index (χ0v) is 9.06. The quantitative estimate of drug-likeness (QED) is 0.809. The lowest BCUT2D eigenvalue weighted by Gasteiger charge is -1.97. The minimum atomic E-state index is -0.158. The molecule has 1 heterocycles. The standard InChI is InChI=1S/C10H9Cl2NO/c1-5(13)9-4-6-7(11)2-3-8(12)10(6)14-9/h2-5H,13H2,1H3. The first kappa shape index (κ1) is 9.84. The highest BCUT2D eigenvalue weighted by Gasteiger charge is 2.12. The number of hydrogen-bond acceptors (Lipinski definition) is 2. The lowest BCUT2D eigenvalue weighted by atomic mass is 10.2. The van der Waals surface area contributed by atoms with Crippen LogP contribution in [0.1, 0.15) is 18.7 Å². The molecule has 0 spiro atoms. The van der Waals surface area contributed by atoms with Crippen molar-refractivity contribution in [3.05, 3.63) is 34.0 Å². The van der Waals surface area contributed by atoms with Crippen molar-refractivity contribution >= 4 is 34.2 Å². The summed E-state index contributed by atoms with van der Waals surface area (Å²) < 4.78 is 5.50. The van der Waals surface area contributed by atoms with Crippen LogP contribution < -0.4 is 5.73 Å². The van der Waals surface area contributed by atoms with Crippen molar-refractivity contribution in [2.24, 2.45) is 5.73 Å². The zero-order valence-electron chi connectivity index (χ0n) is 7.55. The minimum absolute atomic E-state index is 0.158. The van der Waals surface area contributed by atoms with Gasteiger partial charge in [0.05, 0.1) is 16.1 Å². The Balaban J connectivity index is 2.75. The molecule has 2 nitrogen and oxygen atoms in total. The molecular formula is C10H9Cl2NO. The number of halogens is 2. The Morgan fingerprint density at radius 3 is 2.50 bits per heavy atom. The summed E-state index contributed by atoms with van der Waals surface area (Å²) in [6.45, 7) is 1.85. The molecule has 74 valence electrons. The molecule has 4 heteroatoms. The van der Waals surface area contributed by atoms with E-state index in [1.54, 1.807) is 12.1 Å². The van der Waals surface area contributed by atoms with Gasteiger partial charge in [-0.15, -0.1) is 0 Å². The van der Waals surface area contributed by atoms with Crippen LogP contribution in [0, 0.1) is 0 Å². The average Bonchev–Trinajstić information content (AvgIpc) is 2.57. The molecule has 0 saturated heterocycles. The summed E-state index contributed by atoms with van der Waals surface area (Å²) in [4.78, 5) is 0. The smallest absolute Gasteiger partial charge is 0.154 e. The van der Waals surface area contributed by atoms with Crippen molar-refractivity contribution in [3.63, 3.8) is 0 Å². The monoisotopic (exact) mass is 229 g/mol. The topological polar surface area (TPSA) is 39.2 Å². The second kappa shape index (κ2) is 3.46. The number of benzene rings is 1. The van der Waals surface area contributed by atoms with E-state index in [-0.39, 0.29) is 6.04 Å². The van der Waals surface area contributed by atoms with Gasteiger partial charge >= 0.3 is 0 Å². The van der Waals surface area contributed by atoms with Gasteiger partial charge in [0.25, 0.3) is 0 Å². The van der Waals surface area contributed by atoms with Gasteiger partial charge in [0.1, 0.15) is 5.76 Å². The van der Waals surface area contributed by atoms with E-state index in [2.05, 4.69) is 0 Å². The van der Waals surface area contributed by atoms with E-state index in [9.17, 15) is 0 Å². The van der Waals surface area contributed by atoms with Crippen LogP contribution in [0.3, 0.4) is 0 Å². The summed E-state index contributed by atoms with van der Waals surface area (Å²) in [5.41, 5.74) is 6.30. The molecule has 2 N–H and O–H groups in total. The van der Waals surface area contributed by atoms with Crippen LogP contribution in [-0.2, 0) is 0 Å². The third-order valence-electron chi connectivity index (χ3n) is 2.05. The summed E-state index contributed by atoms with van der Waals surface area (Å²) in [6, 6.07) is 5.12. The molecule has 0 fully saturated rings. The predicted octanol–water partition coefficient (Wildman–Crippen LogP) is 3.76. The fraction of sp³-hybridized carbons (Fsp3) is 0.200. The second-order valence-corrected chi connectivity index (χ2v) is 4.02. The molecule has 0 radical (unpaired) electrons. The first-order chi connectivity index (χ1) is 6.59. The molecule has 1 aromatic heterocycles. The average molecular weight is 230 g/mol. The van der Waals surface area contributed by atoms with Crippen molar-refractivity contribution in [2.75, 3.05) is 0 Å². The first-order valence-electron chi connectivity index (χ1n) is 4.22. The van der Waals surface area contributed by atoms with Crippen LogP contribution in [0.5, 0.6) is 0 Å². The van der Waals surface area contributed by atoms with Crippen molar-refractivity contribution in [3.8, 4) is 0 Å². The summed E-state index contributed by atoms with van der Waals surface area (Å²) in [6.07, 6.45) is 0. The van der Waals surface area contributed by atoms with Gasteiger partial charge in [-0.2, -0.15) is 0 Å². The maximum absolute atomic E-state index is 5.99. The van der Waals surface area contributed by atoms with Gasteiger partial charge in [0.15, 0.2) is 5.58 Å². The molecule has 1 unspecified atom stereocenters. The highest BCUT2D eigenvalue weighted by atomic mass is 35.5. The van der Waals surface area contributed by atoms with E-state index >= 15 is 0 Å². The Morgan fingerprint density at radius 1 is 1.29 bits per heavy atom. The number of fused-ring (bicyclic) bond motifs is 1. The van der Waals surface area contributed by atoms with E-state index in [4.69, 9.17) is 33.4 Å². The fourth-order valence-corrected chi connectivity index (χ4v) is 1.71. The summed E-state index contributed by atoms with van der Waals surface area (Å²) >= 11 is 11.9. The molecule has 1 aromatic carbocycles. The molecule has 14 heavy (non-hydrogen) atoms. The molecule has 0 saturated carbocycles. The van der Waals surface area contributed by atoms with E-state index in [0.717, 1.165) is 5.39 Å². The maximum atomic E-state index is 5.99. The third-order valence-corrected chi connectivity index (χ3v) is 2.68. The number of nitrogens with two attached hydrogens (primary N) is 1. The van der Waals surface area contributed by atoms with Crippen LogP contribution >= 0.6 is 23.2 Å². The second-order valence-electron chi connectivity index (χ2n) is 3.21. The largest absolute Gasteiger partial charge is 0.458 e. The molecule has 0 aliphatic rings. The Labute approximate surface area is 91.6 Å². The molecule has 0 aliphatic carbocycles. The van der Waals surface area contributed by atoms with E-state index in [0.29, 0.717) is 21.4 Å². The fourth-order valence-electron chi connectivity index (χ4n) is 1.30. The van der Waals surface area contributed by atoms with Crippen LogP contribution in [-0.4, -0.2) is 0 Å². The van der Waals surface area contributed by atoms with Crippen LogP contribution in [0.4, 0.5) is 0 Å². The van der Waals surface area contributed by atoms with Gasteiger partial charge in [-0.3, -0.25) is 0 Å². The number of hydrogen-bond donors (Lipinski definition) is 1. The van der Waals surface area contributed by atoms with Crippen molar-refractivity contribution in [1.29, 1.82) is 0 Å². The molecule has 1 atom stereocenters. The number of rotatable bonds is 1. The molecule has 2 aromatic rings. The molecule has 0 bridgehead atoms. The van der Waals surface area contributed by atoms with E-state index in [1.807, 2.05) is 13.0 Å². The highest BCUT2D eigenvalue weighted by molar-refractivity contribution is 6.39. The maximum Gasteiger partial charge on any atom is 0.154 e. The number of furan rings is 1. The van der Waals surface area contributed by atoms with Gasteiger partial charge < -0.3 is 10.2 Å². The normalized spacial score (nSPS) is 13.4. The van der Waals surface area contributed by atoms with Gasteiger partial charge in [0.2, 0.25) is 0 Å². The summed E-state index contributed by atoms with van der Waals surface area (Å²) in [5, 5.41) is 1.99. The Bertz CT molecular complexity index is 437. The Hall–Kier alpha value is -0.700. The molecule has 2 rings (SSSR count). The van der Waals surface area contributed by atoms with Crippen LogP contribution in [0.2, 0.25) is 10.0 Å². The Kier molecular flexibility index (Phi) is 2.43. The molecule has 0 aliphatic heterocycles. The SMILES string of the molecule is CC(N)c1cc2c(Cl)ccc(Cl)c2o1. The highest BCUT2D eigenvalue weighted by Crippen LogP contribution is 2.33. The van der Waals surface area contributed by atoms with Crippen molar-refractivity contribution in [1.82, 2.24) is 0 Å². The predicted molar refractivity (Wildman–Crippen MR) is 58.8 cm³/mol. The van der Waals surface area contributed by atoms with Gasteiger partial charge in [-0.25, -0.2) is 0 Å². The van der Waals surface area contributed by atoms with E-state index in [1.165, 1.54) is 0 Å². The van der Waals surface area contributed by atoms with E-state index < -0.39 is 0 Å². The lowest BCUT2D eigenvalue weighted by molar-refractivity contribution is 0.513. The van der Waals surface area contributed by atoms with Gasteiger partial charge in [-0.1, -0.05) is 23.2 Å². The summed E-state index contributed by atoms with van der Waals surface area (Å²) in [5.74, 6) is 0.690. The zero-order chi connectivity index (χ0) is 10.3. The third kappa shape index (κ3) is 1.50. The first-order valence-corrected chi connectivity index (χ1v) is 4.98.